The molecule has 5 nitrogen and oxygen atoms in total. The average Bonchev–Trinajstić information content (AvgIpc) is 2.66. The molecule has 0 aliphatic carbocycles. The molecule has 0 aromatic carbocycles. The first-order valence-corrected chi connectivity index (χ1v) is 5.91. The number of carboxylic acid groups (broad SMARTS) is 1. The molecule has 0 bridgehead atoms. The summed E-state index contributed by atoms with van der Waals surface area (Å²) in [6.45, 7) is 3.34. The van der Waals surface area contributed by atoms with E-state index in [0.29, 0.717) is 0 Å². The minimum absolute atomic E-state index is 0.116. The van der Waals surface area contributed by atoms with Crippen LogP contribution >= 0.6 is 11.8 Å². The zero-order valence-electron chi connectivity index (χ0n) is 8.87. The van der Waals surface area contributed by atoms with Gasteiger partial charge in [0.15, 0.2) is 0 Å². The van der Waals surface area contributed by atoms with Crippen LogP contribution in [0.25, 0.3) is 0 Å². The van der Waals surface area contributed by atoms with E-state index < -0.39 is 11.4 Å². The van der Waals surface area contributed by atoms with Crippen LogP contribution in [0.15, 0.2) is 0 Å². The van der Waals surface area contributed by atoms with Crippen molar-refractivity contribution < 1.29 is 14.7 Å². The van der Waals surface area contributed by atoms with Gasteiger partial charge >= 0.3 is 5.97 Å². The van der Waals surface area contributed by atoms with E-state index in [9.17, 15) is 9.59 Å². The van der Waals surface area contributed by atoms with E-state index in [1.165, 1.54) is 0 Å². The highest BCUT2D eigenvalue weighted by Crippen LogP contribution is 2.14. The standard InChI is InChI=1S/C9H16N2O3S/c1-9(2,8(13)14)4-10-7(12)6-3-15-5-11-6/h6,11H,3-5H2,1-2H3,(H,10,12)(H,13,14). The van der Waals surface area contributed by atoms with Crippen LogP contribution < -0.4 is 10.6 Å². The topological polar surface area (TPSA) is 78.4 Å². The quantitative estimate of drug-likeness (QED) is 0.629. The minimum atomic E-state index is -0.915. The Labute approximate surface area is 93.0 Å². The van der Waals surface area contributed by atoms with E-state index in [2.05, 4.69) is 10.6 Å². The van der Waals surface area contributed by atoms with Crippen LogP contribution in [0.1, 0.15) is 13.8 Å². The van der Waals surface area contributed by atoms with Crippen LogP contribution in [0.4, 0.5) is 0 Å². The number of carboxylic acids is 1. The molecular weight excluding hydrogens is 216 g/mol. The molecule has 0 saturated carbocycles. The fourth-order valence-corrected chi connectivity index (χ4v) is 2.01. The lowest BCUT2D eigenvalue weighted by Crippen LogP contribution is -2.46. The first-order valence-electron chi connectivity index (χ1n) is 4.76. The van der Waals surface area contributed by atoms with Gasteiger partial charge < -0.3 is 10.4 Å². The Hall–Kier alpha value is -0.750. The van der Waals surface area contributed by atoms with Gasteiger partial charge in [-0.05, 0) is 13.8 Å². The summed E-state index contributed by atoms with van der Waals surface area (Å²) in [6, 6.07) is -0.181. The smallest absolute Gasteiger partial charge is 0.310 e. The largest absolute Gasteiger partial charge is 0.481 e. The number of nitrogens with one attached hydrogen (secondary N) is 2. The zero-order valence-corrected chi connectivity index (χ0v) is 9.69. The number of thioether (sulfide) groups is 1. The number of carbonyl (C=O) groups excluding carboxylic acids is 1. The Morgan fingerprint density at radius 2 is 2.27 bits per heavy atom. The van der Waals surface area contributed by atoms with Crippen LogP contribution in [0, 0.1) is 5.41 Å². The van der Waals surface area contributed by atoms with Crippen molar-refractivity contribution >= 4 is 23.6 Å². The number of hydrogen-bond donors (Lipinski definition) is 3. The van der Waals surface area contributed by atoms with Crippen LogP contribution in [0.3, 0.4) is 0 Å². The van der Waals surface area contributed by atoms with Crippen LogP contribution in [-0.2, 0) is 9.59 Å². The molecule has 1 unspecified atom stereocenters. The summed E-state index contributed by atoms with van der Waals surface area (Å²) in [5.41, 5.74) is -0.915. The normalized spacial score (nSPS) is 21.3. The van der Waals surface area contributed by atoms with Gasteiger partial charge in [-0.3, -0.25) is 14.9 Å². The Morgan fingerprint density at radius 1 is 1.60 bits per heavy atom. The van der Waals surface area contributed by atoms with Crippen molar-refractivity contribution in [3.05, 3.63) is 0 Å². The highest BCUT2D eigenvalue weighted by molar-refractivity contribution is 7.99. The van der Waals surface area contributed by atoms with Crippen LogP contribution in [-0.4, -0.2) is 41.2 Å². The van der Waals surface area contributed by atoms with E-state index in [4.69, 9.17) is 5.11 Å². The number of rotatable bonds is 4. The van der Waals surface area contributed by atoms with Crippen molar-refractivity contribution in [3.63, 3.8) is 0 Å². The molecule has 15 heavy (non-hydrogen) atoms. The second-order valence-corrected chi connectivity index (χ2v) is 5.21. The summed E-state index contributed by atoms with van der Waals surface area (Å²) in [4.78, 5) is 22.3. The van der Waals surface area contributed by atoms with Gasteiger partial charge in [-0.15, -0.1) is 11.8 Å². The first-order chi connectivity index (χ1) is 6.93. The molecule has 6 heteroatoms. The fraction of sp³-hybridized carbons (Fsp3) is 0.778. The lowest BCUT2D eigenvalue weighted by atomic mass is 9.94. The molecule has 1 rings (SSSR count). The van der Waals surface area contributed by atoms with Gasteiger partial charge in [-0.1, -0.05) is 0 Å². The maximum absolute atomic E-state index is 11.5. The van der Waals surface area contributed by atoms with E-state index in [1.807, 2.05) is 0 Å². The molecule has 1 aliphatic heterocycles. The van der Waals surface area contributed by atoms with Crippen molar-refractivity contribution in [2.24, 2.45) is 5.41 Å². The Kier molecular flexibility index (Phi) is 3.98. The van der Waals surface area contributed by atoms with Crippen molar-refractivity contribution in [1.29, 1.82) is 0 Å². The van der Waals surface area contributed by atoms with Gasteiger partial charge in [0, 0.05) is 18.2 Å². The summed E-state index contributed by atoms with van der Waals surface area (Å²) in [5.74, 6) is 0.505. The third-order valence-corrected chi connectivity index (χ3v) is 3.26. The molecule has 1 aliphatic rings. The van der Waals surface area contributed by atoms with Gasteiger partial charge in [0.05, 0.1) is 11.5 Å². The summed E-state index contributed by atoms with van der Waals surface area (Å²) < 4.78 is 0. The minimum Gasteiger partial charge on any atom is -0.481 e. The van der Waals surface area contributed by atoms with Gasteiger partial charge in [0.1, 0.15) is 0 Å². The summed E-state index contributed by atoms with van der Waals surface area (Å²) in [7, 11) is 0. The molecule has 1 saturated heterocycles. The van der Waals surface area contributed by atoms with E-state index >= 15 is 0 Å². The number of amides is 1. The van der Waals surface area contributed by atoms with Gasteiger partial charge in [0.25, 0.3) is 0 Å². The van der Waals surface area contributed by atoms with E-state index in [1.54, 1.807) is 25.6 Å². The molecule has 0 spiro atoms. The molecule has 86 valence electrons. The SMILES string of the molecule is CC(C)(CNC(=O)C1CSCN1)C(=O)O. The number of aliphatic carboxylic acids is 1. The maximum Gasteiger partial charge on any atom is 0.310 e. The summed E-state index contributed by atoms with van der Waals surface area (Å²) in [5, 5.41) is 14.5. The van der Waals surface area contributed by atoms with Crippen molar-refractivity contribution in [2.75, 3.05) is 18.2 Å². The van der Waals surface area contributed by atoms with Gasteiger partial charge in [-0.2, -0.15) is 0 Å². The van der Waals surface area contributed by atoms with Crippen molar-refractivity contribution in [1.82, 2.24) is 10.6 Å². The van der Waals surface area contributed by atoms with E-state index in [0.717, 1.165) is 11.6 Å². The highest BCUT2D eigenvalue weighted by Gasteiger charge is 2.29. The Balaban J connectivity index is 2.36. The second kappa shape index (κ2) is 4.85. The molecule has 1 amide bonds. The molecule has 1 atom stereocenters. The molecule has 1 fully saturated rings. The highest BCUT2D eigenvalue weighted by atomic mass is 32.2. The number of hydrogen-bond acceptors (Lipinski definition) is 4. The third kappa shape index (κ3) is 3.39. The Bertz CT molecular complexity index is 262. The molecule has 0 aromatic rings. The maximum atomic E-state index is 11.5. The van der Waals surface area contributed by atoms with Crippen molar-refractivity contribution in [3.8, 4) is 0 Å². The van der Waals surface area contributed by atoms with Crippen molar-refractivity contribution in [2.45, 2.75) is 19.9 Å². The monoisotopic (exact) mass is 232 g/mol. The molecule has 0 radical (unpaired) electrons. The first kappa shape index (κ1) is 12.3. The van der Waals surface area contributed by atoms with E-state index in [-0.39, 0.29) is 18.5 Å². The average molecular weight is 232 g/mol. The predicted molar refractivity (Wildman–Crippen MR) is 58.7 cm³/mol. The van der Waals surface area contributed by atoms with Crippen LogP contribution in [0.2, 0.25) is 0 Å². The second-order valence-electron chi connectivity index (χ2n) is 4.18. The fourth-order valence-electron chi connectivity index (χ4n) is 1.07. The third-order valence-electron chi connectivity index (χ3n) is 2.32. The predicted octanol–water partition coefficient (Wildman–Crippen LogP) is -0.124. The lowest BCUT2D eigenvalue weighted by molar-refractivity contribution is -0.146. The molecular formula is C9H16N2O3S. The molecule has 0 aromatic heterocycles. The summed E-state index contributed by atoms with van der Waals surface area (Å²) >= 11 is 1.66. The van der Waals surface area contributed by atoms with Gasteiger partial charge in [-0.25, -0.2) is 0 Å². The Morgan fingerprint density at radius 3 is 2.73 bits per heavy atom. The summed E-state index contributed by atoms with van der Waals surface area (Å²) in [6.07, 6.45) is 0. The molecule has 1 heterocycles. The van der Waals surface area contributed by atoms with Gasteiger partial charge in [0.2, 0.25) is 5.91 Å². The number of carbonyl (C=O) groups is 2. The molecule has 3 N–H and O–H groups in total. The van der Waals surface area contributed by atoms with Crippen LogP contribution in [0.5, 0.6) is 0 Å². The zero-order chi connectivity index (χ0) is 11.5. The lowest BCUT2D eigenvalue weighted by Gasteiger charge is -2.20.